The van der Waals surface area contributed by atoms with Gasteiger partial charge in [-0.25, -0.2) is 8.42 Å². The summed E-state index contributed by atoms with van der Waals surface area (Å²) < 4.78 is 30.3. The summed E-state index contributed by atoms with van der Waals surface area (Å²) >= 11 is 0. The Balaban J connectivity index is 1.70. The summed E-state index contributed by atoms with van der Waals surface area (Å²) in [5.41, 5.74) is 0.483. The topological polar surface area (TPSA) is 80.4 Å². The number of hydrogen-bond acceptors (Lipinski definition) is 5. The van der Waals surface area contributed by atoms with E-state index in [1.807, 2.05) is 0 Å². The maximum absolute atomic E-state index is 12.5. The summed E-state index contributed by atoms with van der Waals surface area (Å²) in [6.45, 7) is 2.15. The molecule has 22 heavy (non-hydrogen) atoms. The van der Waals surface area contributed by atoms with Crippen molar-refractivity contribution in [2.45, 2.75) is 69.6 Å². The van der Waals surface area contributed by atoms with Gasteiger partial charge in [-0.1, -0.05) is 12.1 Å². The number of fused-ring (bicyclic) bond motifs is 1. The van der Waals surface area contributed by atoms with Crippen molar-refractivity contribution in [1.29, 1.82) is 0 Å². The third kappa shape index (κ3) is 3.54. The van der Waals surface area contributed by atoms with Gasteiger partial charge in [0.2, 0.25) is 0 Å². The van der Waals surface area contributed by atoms with E-state index in [0.717, 1.165) is 49.8 Å². The summed E-state index contributed by atoms with van der Waals surface area (Å²) in [7, 11) is -3.39. The molecule has 0 radical (unpaired) electrons. The Morgan fingerprint density at radius 1 is 1.27 bits per heavy atom. The van der Waals surface area contributed by atoms with Crippen molar-refractivity contribution in [3.63, 3.8) is 0 Å². The first-order valence-electron chi connectivity index (χ1n) is 8.26. The van der Waals surface area contributed by atoms with Crippen LogP contribution in [0.25, 0.3) is 0 Å². The molecule has 0 aromatic carbocycles. The predicted octanol–water partition coefficient (Wildman–Crippen LogP) is 2.41. The minimum atomic E-state index is -3.39. The molecule has 1 fully saturated rings. The van der Waals surface area contributed by atoms with E-state index >= 15 is 0 Å². The number of rotatable bonds is 4. The molecule has 2 aliphatic rings. The smallest absolute Gasteiger partial charge is 0.158 e. The van der Waals surface area contributed by atoms with Gasteiger partial charge >= 0.3 is 0 Å². The molecule has 5 nitrogen and oxygen atoms in total. The van der Waals surface area contributed by atoms with Crippen molar-refractivity contribution in [3.05, 3.63) is 17.0 Å². The molecule has 0 saturated heterocycles. The molecule has 1 saturated carbocycles. The molecule has 0 spiro atoms. The van der Waals surface area contributed by atoms with E-state index in [2.05, 4.69) is 12.1 Å². The van der Waals surface area contributed by atoms with Crippen molar-refractivity contribution < 1.29 is 18.0 Å². The van der Waals surface area contributed by atoms with Crippen LogP contribution >= 0.6 is 0 Å². The maximum Gasteiger partial charge on any atom is 0.158 e. The number of nitrogens with zero attached hydrogens (tertiary/aromatic N) is 1. The van der Waals surface area contributed by atoms with Crippen LogP contribution < -0.4 is 0 Å². The highest BCUT2D eigenvalue weighted by Gasteiger charge is 2.37. The van der Waals surface area contributed by atoms with E-state index in [-0.39, 0.29) is 11.5 Å². The van der Waals surface area contributed by atoms with Gasteiger partial charge in [-0.15, -0.1) is 0 Å². The fraction of sp³-hybridized carbons (Fsp3) is 0.812. The van der Waals surface area contributed by atoms with Gasteiger partial charge in [0.05, 0.1) is 17.1 Å². The first-order chi connectivity index (χ1) is 10.4. The summed E-state index contributed by atoms with van der Waals surface area (Å²) in [6, 6.07) is 0. The highest BCUT2D eigenvalue weighted by molar-refractivity contribution is 7.90. The second kappa shape index (κ2) is 5.96. The molecule has 0 bridgehead atoms. The summed E-state index contributed by atoms with van der Waals surface area (Å²) in [5.74, 6) is 1.16. The van der Waals surface area contributed by atoms with Gasteiger partial charge in [0.1, 0.15) is 11.5 Å². The van der Waals surface area contributed by atoms with Gasteiger partial charge in [-0.05, 0) is 50.9 Å². The molecule has 1 heterocycles. The second-order valence-electron chi connectivity index (χ2n) is 7.18. The minimum Gasteiger partial charge on any atom is -0.389 e. The van der Waals surface area contributed by atoms with E-state index in [9.17, 15) is 13.5 Å². The Bertz CT molecular complexity index is 627. The van der Waals surface area contributed by atoms with Gasteiger partial charge in [-0.3, -0.25) is 0 Å². The van der Waals surface area contributed by atoms with Gasteiger partial charge < -0.3 is 9.63 Å². The maximum atomic E-state index is 12.5. The van der Waals surface area contributed by atoms with Crippen molar-refractivity contribution in [2.24, 2.45) is 5.92 Å². The van der Waals surface area contributed by atoms with Crippen molar-refractivity contribution >= 4 is 9.84 Å². The molecular weight excluding hydrogens is 302 g/mol. The predicted molar refractivity (Wildman–Crippen MR) is 83.2 cm³/mol. The quantitative estimate of drug-likeness (QED) is 0.918. The lowest BCUT2D eigenvalue weighted by atomic mass is 9.81. The third-order valence-electron chi connectivity index (χ3n) is 5.08. The molecule has 0 amide bonds. The van der Waals surface area contributed by atoms with E-state index in [0.29, 0.717) is 24.5 Å². The van der Waals surface area contributed by atoms with E-state index in [1.165, 1.54) is 0 Å². The summed E-state index contributed by atoms with van der Waals surface area (Å²) in [5, 5.41) is 14.5. The molecule has 2 aliphatic carbocycles. The van der Waals surface area contributed by atoms with Crippen molar-refractivity contribution in [3.8, 4) is 0 Å². The Morgan fingerprint density at radius 3 is 2.68 bits per heavy atom. The van der Waals surface area contributed by atoms with E-state index < -0.39 is 15.4 Å². The Hall–Kier alpha value is -0.880. The van der Waals surface area contributed by atoms with Crippen molar-refractivity contribution in [1.82, 2.24) is 5.16 Å². The number of aromatic nitrogens is 1. The highest BCUT2D eigenvalue weighted by Crippen LogP contribution is 2.34. The monoisotopic (exact) mass is 327 g/mol. The molecule has 1 N–H and O–H groups in total. The minimum absolute atomic E-state index is 0.107. The van der Waals surface area contributed by atoms with Crippen LogP contribution in [0.3, 0.4) is 0 Å². The molecule has 0 unspecified atom stereocenters. The Labute approximate surface area is 132 Å². The SMILES string of the molecule is CC1CCC(O)(CS(=O)(=O)Cc2noc3c2CCCC3)CC1. The lowest BCUT2D eigenvalue weighted by Gasteiger charge is -2.34. The van der Waals surface area contributed by atoms with Crippen LogP contribution in [0.5, 0.6) is 0 Å². The van der Waals surface area contributed by atoms with E-state index in [1.54, 1.807) is 0 Å². The lowest BCUT2D eigenvalue weighted by molar-refractivity contribution is 0.0135. The Kier molecular flexibility index (Phi) is 4.34. The van der Waals surface area contributed by atoms with Gasteiger partial charge in [-0.2, -0.15) is 0 Å². The normalized spacial score (nSPS) is 29.3. The van der Waals surface area contributed by atoms with Gasteiger partial charge in [0.25, 0.3) is 0 Å². The number of aryl methyl sites for hydroxylation is 1. The molecule has 0 atom stereocenters. The third-order valence-corrected chi connectivity index (χ3v) is 6.77. The molecule has 1 aromatic heterocycles. The first kappa shape index (κ1) is 16.0. The number of hydrogen-bond donors (Lipinski definition) is 1. The van der Waals surface area contributed by atoms with Crippen LogP contribution in [0.2, 0.25) is 0 Å². The van der Waals surface area contributed by atoms with Crippen LogP contribution in [0.15, 0.2) is 4.52 Å². The van der Waals surface area contributed by atoms with Gasteiger partial charge in [0, 0.05) is 12.0 Å². The zero-order valence-electron chi connectivity index (χ0n) is 13.2. The summed E-state index contributed by atoms with van der Waals surface area (Å²) in [6.07, 6.45) is 6.77. The highest BCUT2D eigenvalue weighted by atomic mass is 32.2. The zero-order valence-corrected chi connectivity index (χ0v) is 14.0. The fourth-order valence-corrected chi connectivity index (χ4v) is 5.53. The standard InChI is InChI=1S/C16H25NO4S/c1-12-6-8-16(18,9-7-12)11-22(19,20)10-14-13-4-2-3-5-15(13)21-17-14/h12,18H,2-11H2,1H3. The molecule has 1 aromatic rings. The van der Waals surface area contributed by atoms with Crippen molar-refractivity contribution in [2.75, 3.05) is 5.75 Å². The molecular formula is C16H25NO4S. The molecule has 3 rings (SSSR count). The summed E-state index contributed by atoms with van der Waals surface area (Å²) in [4.78, 5) is 0. The first-order valence-corrected chi connectivity index (χ1v) is 10.1. The van der Waals surface area contributed by atoms with Crippen LogP contribution in [0.4, 0.5) is 0 Å². The molecule has 0 aliphatic heterocycles. The van der Waals surface area contributed by atoms with E-state index in [4.69, 9.17) is 4.52 Å². The fourth-order valence-electron chi connectivity index (χ4n) is 3.67. The zero-order chi connectivity index (χ0) is 15.8. The molecule has 6 heteroatoms. The lowest BCUT2D eigenvalue weighted by Crippen LogP contribution is -2.40. The average molecular weight is 327 g/mol. The van der Waals surface area contributed by atoms with Crippen LogP contribution in [0.1, 0.15) is 62.5 Å². The van der Waals surface area contributed by atoms with Crippen LogP contribution in [-0.2, 0) is 28.4 Å². The Morgan fingerprint density at radius 2 is 1.95 bits per heavy atom. The van der Waals surface area contributed by atoms with Crippen LogP contribution in [0, 0.1) is 5.92 Å². The average Bonchev–Trinajstić information content (AvgIpc) is 2.85. The number of sulfone groups is 1. The largest absolute Gasteiger partial charge is 0.389 e. The molecule has 124 valence electrons. The van der Waals surface area contributed by atoms with Crippen LogP contribution in [-0.4, -0.2) is 30.0 Å². The number of aliphatic hydroxyl groups is 1. The second-order valence-corrected chi connectivity index (χ2v) is 9.24. The van der Waals surface area contributed by atoms with Gasteiger partial charge in [0.15, 0.2) is 9.84 Å².